The van der Waals surface area contributed by atoms with E-state index in [1.807, 2.05) is 6.07 Å². The van der Waals surface area contributed by atoms with Crippen molar-refractivity contribution in [2.45, 2.75) is 29.9 Å². The van der Waals surface area contributed by atoms with E-state index >= 15 is 0 Å². The molecule has 1 saturated heterocycles. The van der Waals surface area contributed by atoms with Gasteiger partial charge in [-0.2, -0.15) is 0 Å². The van der Waals surface area contributed by atoms with E-state index in [1.54, 1.807) is 47.4 Å². The third-order valence-corrected chi connectivity index (χ3v) is 7.23. The highest BCUT2D eigenvalue weighted by molar-refractivity contribution is 7.90. The second-order valence-electron chi connectivity index (χ2n) is 7.76. The average molecular weight is 424 g/mol. The lowest BCUT2D eigenvalue weighted by Gasteiger charge is -2.31. The van der Waals surface area contributed by atoms with E-state index in [1.165, 1.54) is 5.56 Å². The van der Waals surface area contributed by atoms with Crippen molar-refractivity contribution < 1.29 is 17.6 Å². The quantitative estimate of drug-likeness (QED) is 0.591. The number of carbonyl (C=O) groups excluding carboxylic acids is 1. The first kappa shape index (κ1) is 20.4. The molecule has 0 aliphatic carbocycles. The lowest BCUT2D eigenvalue weighted by atomic mass is 9.90. The molecule has 0 N–H and O–H groups in total. The van der Waals surface area contributed by atoms with Crippen molar-refractivity contribution >= 4 is 15.7 Å². The normalized spacial score (nSPS) is 15.3. The van der Waals surface area contributed by atoms with Crippen LogP contribution in [-0.2, 0) is 22.0 Å². The Hall–Kier alpha value is -2.86. The summed E-state index contributed by atoms with van der Waals surface area (Å²) in [4.78, 5) is 14.8. The van der Waals surface area contributed by atoms with Gasteiger partial charge in [-0.1, -0.05) is 48.5 Å². The monoisotopic (exact) mass is 423 g/mol. The lowest BCUT2D eigenvalue weighted by Crippen LogP contribution is -2.38. The van der Waals surface area contributed by atoms with Gasteiger partial charge in [0.05, 0.1) is 4.90 Å². The van der Waals surface area contributed by atoms with Crippen molar-refractivity contribution in [1.29, 1.82) is 0 Å². The third kappa shape index (κ3) is 4.82. The second kappa shape index (κ2) is 8.88. The first-order valence-electron chi connectivity index (χ1n) is 10.2. The summed E-state index contributed by atoms with van der Waals surface area (Å²) in [5.74, 6) is 0.621. The van der Waals surface area contributed by atoms with E-state index in [0.29, 0.717) is 19.0 Å². The van der Waals surface area contributed by atoms with Gasteiger partial charge in [0.25, 0.3) is 5.91 Å². The highest BCUT2D eigenvalue weighted by atomic mass is 32.2. The van der Waals surface area contributed by atoms with Crippen LogP contribution in [0.25, 0.3) is 0 Å². The molecular formula is C24H25NO4S. The Labute approximate surface area is 177 Å². The fourth-order valence-electron chi connectivity index (χ4n) is 3.91. The predicted octanol–water partition coefficient (Wildman–Crippen LogP) is 4.35. The van der Waals surface area contributed by atoms with Gasteiger partial charge in [-0.3, -0.25) is 4.79 Å². The first-order valence-corrected chi connectivity index (χ1v) is 11.9. The molecule has 4 rings (SSSR count). The van der Waals surface area contributed by atoms with Crippen LogP contribution in [0.1, 0.15) is 34.7 Å². The molecule has 2 heterocycles. The number of hydrogen-bond donors (Lipinski definition) is 0. The molecule has 1 aromatic heterocycles. The number of hydrogen-bond acceptors (Lipinski definition) is 4. The molecule has 1 aliphatic heterocycles. The van der Waals surface area contributed by atoms with Gasteiger partial charge >= 0.3 is 0 Å². The number of amides is 1. The lowest BCUT2D eigenvalue weighted by molar-refractivity contribution is 0.0657. The fraction of sp³-hybridized carbons (Fsp3) is 0.292. The van der Waals surface area contributed by atoms with Gasteiger partial charge in [-0.05, 0) is 55.0 Å². The Morgan fingerprint density at radius 2 is 1.53 bits per heavy atom. The largest absolute Gasteiger partial charge is 0.455 e. The smallest absolute Gasteiger partial charge is 0.289 e. The topological polar surface area (TPSA) is 67.6 Å². The third-order valence-electron chi connectivity index (χ3n) is 5.58. The summed E-state index contributed by atoms with van der Waals surface area (Å²) >= 11 is 0. The van der Waals surface area contributed by atoms with E-state index in [-0.39, 0.29) is 28.1 Å². The molecule has 1 aliphatic rings. The summed E-state index contributed by atoms with van der Waals surface area (Å²) < 4.78 is 30.6. The maximum absolute atomic E-state index is 12.8. The van der Waals surface area contributed by atoms with E-state index in [4.69, 9.17) is 4.42 Å². The van der Waals surface area contributed by atoms with Crippen LogP contribution in [0.3, 0.4) is 0 Å². The number of rotatable bonds is 6. The van der Waals surface area contributed by atoms with Crippen molar-refractivity contribution in [3.8, 4) is 0 Å². The van der Waals surface area contributed by atoms with E-state index in [9.17, 15) is 13.2 Å². The van der Waals surface area contributed by atoms with Crippen molar-refractivity contribution in [3.63, 3.8) is 0 Å². The number of likely N-dealkylation sites (tertiary alicyclic amines) is 1. The van der Waals surface area contributed by atoms with Gasteiger partial charge in [-0.25, -0.2) is 8.42 Å². The number of benzene rings is 2. The Morgan fingerprint density at radius 3 is 2.20 bits per heavy atom. The Balaban J connectivity index is 1.34. The standard InChI is InChI=1S/C24H25NO4S/c26-24(25-15-13-20(14-16-25)17-19-7-3-1-4-8-19)23-12-11-21(29-23)18-30(27,28)22-9-5-2-6-10-22/h1-12,20H,13-18H2. The molecule has 0 radical (unpaired) electrons. The van der Waals surface area contributed by atoms with E-state index in [2.05, 4.69) is 24.3 Å². The summed E-state index contributed by atoms with van der Waals surface area (Å²) in [5.41, 5.74) is 1.33. The Bertz CT molecular complexity index is 1080. The van der Waals surface area contributed by atoms with Crippen molar-refractivity contribution in [2.75, 3.05) is 13.1 Å². The van der Waals surface area contributed by atoms with Crippen LogP contribution in [0.5, 0.6) is 0 Å². The van der Waals surface area contributed by atoms with Gasteiger partial charge in [-0.15, -0.1) is 0 Å². The van der Waals surface area contributed by atoms with Gasteiger partial charge in [0.15, 0.2) is 15.6 Å². The summed E-state index contributed by atoms with van der Waals surface area (Å²) in [6, 6.07) is 21.8. The fourth-order valence-corrected chi connectivity index (χ4v) is 5.18. The highest BCUT2D eigenvalue weighted by Crippen LogP contribution is 2.24. The van der Waals surface area contributed by atoms with E-state index in [0.717, 1.165) is 19.3 Å². The van der Waals surface area contributed by atoms with Crippen molar-refractivity contribution in [3.05, 3.63) is 89.9 Å². The predicted molar refractivity (Wildman–Crippen MR) is 115 cm³/mol. The maximum Gasteiger partial charge on any atom is 0.289 e. The molecule has 1 amide bonds. The van der Waals surface area contributed by atoms with Crippen LogP contribution >= 0.6 is 0 Å². The number of piperidine rings is 1. The molecular weight excluding hydrogens is 398 g/mol. The van der Waals surface area contributed by atoms with Gasteiger partial charge in [0.1, 0.15) is 11.5 Å². The summed E-state index contributed by atoms with van der Waals surface area (Å²) in [6.07, 6.45) is 2.94. The molecule has 1 fully saturated rings. The average Bonchev–Trinajstić information content (AvgIpc) is 3.23. The molecule has 2 aromatic carbocycles. The minimum Gasteiger partial charge on any atom is -0.455 e. The number of nitrogens with zero attached hydrogens (tertiary/aromatic N) is 1. The van der Waals surface area contributed by atoms with Crippen LogP contribution in [0.15, 0.2) is 82.1 Å². The molecule has 156 valence electrons. The molecule has 0 saturated carbocycles. The SMILES string of the molecule is O=C(c1ccc(CS(=O)(=O)c2ccccc2)o1)N1CCC(Cc2ccccc2)CC1. The molecule has 0 spiro atoms. The summed E-state index contributed by atoms with van der Waals surface area (Å²) in [7, 11) is -3.51. The highest BCUT2D eigenvalue weighted by Gasteiger charge is 2.26. The molecule has 0 unspecified atom stereocenters. The minimum absolute atomic E-state index is 0.170. The number of sulfone groups is 1. The Kier molecular flexibility index (Phi) is 6.04. The zero-order valence-corrected chi connectivity index (χ0v) is 17.6. The Morgan fingerprint density at radius 1 is 0.900 bits per heavy atom. The van der Waals surface area contributed by atoms with Crippen LogP contribution < -0.4 is 0 Å². The molecule has 6 heteroatoms. The van der Waals surface area contributed by atoms with Crippen LogP contribution in [0, 0.1) is 5.92 Å². The zero-order valence-electron chi connectivity index (χ0n) is 16.7. The first-order chi connectivity index (χ1) is 14.5. The summed E-state index contributed by atoms with van der Waals surface area (Å²) in [6.45, 7) is 1.38. The van der Waals surface area contributed by atoms with Crippen molar-refractivity contribution in [1.82, 2.24) is 4.90 Å². The van der Waals surface area contributed by atoms with Crippen LogP contribution in [0.2, 0.25) is 0 Å². The molecule has 5 nitrogen and oxygen atoms in total. The summed E-state index contributed by atoms with van der Waals surface area (Å²) in [5, 5.41) is 0. The number of furan rings is 1. The van der Waals surface area contributed by atoms with Crippen LogP contribution in [0.4, 0.5) is 0 Å². The molecule has 30 heavy (non-hydrogen) atoms. The van der Waals surface area contributed by atoms with E-state index < -0.39 is 9.84 Å². The number of carbonyl (C=O) groups is 1. The maximum atomic E-state index is 12.8. The van der Waals surface area contributed by atoms with Crippen LogP contribution in [-0.4, -0.2) is 32.3 Å². The molecule has 3 aromatic rings. The van der Waals surface area contributed by atoms with Gasteiger partial charge in [0.2, 0.25) is 0 Å². The zero-order chi connectivity index (χ0) is 21.0. The minimum atomic E-state index is -3.51. The second-order valence-corrected chi connectivity index (χ2v) is 9.75. The van der Waals surface area contributed by atoms with Gasteiger partial charge < -0.3 is 9.32 Å². The molecule has 0 atom stereocenters. The van der Waals surface area contributed by atoms with Crippen molar-refractivity contribution in [2.24, 2.45) is 5.92 Å². The van der Waals surface area contributed by atoms with Gasteiger partial charge in [0, 0.05) is 13.1 Å². The molecule has 0 bridgehead atoms.